The standard InChI is InChI=1S/C28H30ClN3O3/c1-31-28(35-24-15-13-23(29)14-16-24)25(27(30-31)22-11-7-4-8-12-22)19-32(17-18-34-2)20-26(33)21-9-5-3-6-10-21/h3-16,26,33H,17-20H2,1-2H3. The largest absolute Gasteiger partial charge is 0.439 e. The predicted octanol–water partition coefficient (Wildman–Crippen LogP) is 5.71. The van der Waals surface area contributed by atoms with E-state index in [0.29, 0.717) is 42.9 Å². The zero-order valence-corrected chi connectivity index (χ0v) is 20.7. The monoisotopic (exact) mass is 491 g/mol. The molecular formula is C28H30ClN3O3. The lowest BCUT2D eigenvalue weighted by molar-refractivity contribution is 0.0846. The van der Waals surface area contributed by atoms with E-state index < -0.39 is 6.10 Å². The van der Waals surface area contributed by atoms with Gasteiger partial charge in [0.15, 0.2) is 0 Å². The first-order chi connectivity index (χ1) is 17.0. The average Bonchev–Trinajstić information content (AvgIpc) is 3.19. The number of aliphatic hydroxyl groups excluding tert-OH is 1. The van der Waals surface area contributed by atoms with Gasteiger partial charge in [0.1, 0.15) is 11.4 Å². The van der Waals surface area contributed by atoms with Gasteiger partial charge in [-0.2, -0.15) is 5.10 Å². The van der Waals surface area contributed by atoms with E-state index in [0.717, 1.165) is 22.4 Å². The highest BCUT2D eigenvalue weighted by atomic mass is 35.5. The average molecular weight is 492 g/mol. The minimum atomic E-state index is -0.634. The van der Waals surface area contributed by atoms with Crippen LogP contribution in [-0.2, 0) is 18.3 Å². The number of ether oxygens (including phenoxy) is 2. The third-order valence-electron chi connectivity index (χ3n) is 5.77. The predicted molar refractivity (Wildman–Crippen MR) is 139 cm³/mol. The van der Waals surface area contributed by atoms with E-state index in [1.165, 1.54) is 0 Å². The fraction of sp³-hybridized carbons (Fsp3) is 0.250. The summed E-state index contributed by atoms with van der Waals surface area (Å²) >= 11 is 6.06. The number of methoxy groups -OCH3 is 1. The highest BCUT2D eigenvalue weighted by Crippen LogP contribution is 2.34. The Bertz CT molecular complexity index is 1200. The number of aryl methyl sites for hydroxylation is 1. The minimum Gasteiger partial charge on any atom is -0.439 e. The summed E-state index contributed by atoms with van der Waals surface area (Å²) in [6.45, 7) is 2.14. The molecule has 1 heterocycles. The van der Waals surface area contributed by atoms with Crippen LogP contribution < -0.4 is 4.74 Å². The van der Waals surface area contributed by atoms with E-state index in [4.69, 9.17) is 26.2 Å². The van der Waals surface area contributed by atoms with Crippen LogP contribution in [-0.4, -0.2) is 46.6 Å². The van der Waals surface area contributed by atoms with Crippen molar-refractivity contribution < 1.29 is 14.6 Å². The van der Waals surface area contributed by atoms with E-state index in [1.807, 2.05) is 79.8 Å². The van der Waals surface area contributed by atoms with E-state index >= 15 is 0 Å². The summed E-state index contributed by atoms with van der Waals surface area (Å²) in [5, 5.41) is 16.4. The van der Waals surface area contributed by atoms with E-state index in [1.54, 1.807) is 23.9 Å². The molecule has 1 unspecified atom stereocenters. The van der Waals surface area contributed by atoms with Gasteiger partial charge in [0.25, 0.3) is 0 Å². The molecule has 1 atom stereocenters. The summed E-state index contributed by atoms with van der Waals surface area (Å²) in [7, 11) is 3.56. The molecule has 3 aromatic carbocycles. The van der Waals surface area contributed by atoms with Crippen LogP contribution in [0.25, 0.3) is 11.3 Å². The number of aliphatic hydroxyl groups is 1. The first-order valence-corrected chi connectivity index (χ1v) is 11.9. The maximum absolute atomic E-state index is 10.9. The fourth-order valence-electron chi connectivity index (χ4n) is 3.97. The van der Waals surface area contributed by atoms with Crippen LogP contribution in [0.3, 0.4) is 0 Å². The van der Waals surface area contributed by atoms with E-state index in [2.05, 4.69) is 4.90 Å². The second-order valence-corrected chi connectivity index (χ2v) is 8.77. The Morgan fingerprint density at radius 1 is 0.971 bits per heavy atom. The van der Waals surface area contributed by atoms with Crippen molar-refractivity contribution in [3.63, 3.8) is 0 Å². The van der Waals surface area contributed by atoms with Crippen molar-refractivity contribution in [2.45, 2.75) is 12.6 Å². The van der Waals surface area contributed by atoms with Crippen molar-refractivity contribution in [3.8, 4) is 22.9 Å². The van der Waals surface area contributed by atoms with Gasteiger partial charge in [-0.1, -0.05) is 72.3 Å². The Morgan fingerprint density at radius 2 is 1.63 bits per heavy atom. The topological polar surface area (TPSA) is 59.8 Å². The van der Waals surface area contributed by atoms with Gasteiger partial charge in [-0.15, -0.1) is 0 Å². The van der Waals surface area contributed by atoms with Crippen LogP contribution in [0.5, 0.6) is 11.6 Å². The van der Waals surface area contributed by atoms with Gasteiger partial charge in [0.05, 0.1) is 18.3 Å². The highest BCUT2D eigenvalue weighted by molar-refractivity contribution is 6.30. The normalized spacial score (nSPS) is 12.1. The molecule has 0 spiro atoms. The number of hydrogen-bond donors (Lipinski definition) is 1. The van der Waals surface area contributed by atoms with Crippen LogP contribution >= 0.6 is 11.6 Å². The zero-order valence-electron chi connectivity index (χ0n) is 20.0. The molecule has 7 heteroatoms. The molecule has 0 radical (unpaired) electrons. The zero-order chi connectivity index (χ0) is 24.6. The second-order valence-electron chi connectivity index (χ2n) is 8.33. The van der Waals surface area contributed by atoms with Gasteiger partial charge in [-0.3, -0.25) is 4.90 Å². The number of aromatic nitrogens is 2. The summed E-state index contributed by atoms with van der Waals surface area (Å²) in [6.07, 6.45) is -0.634. The Hall–Kier alpha value is -3.16. The number of nitrogens with zero attached hydrogens (tertiary/aromatic N) is 3. The first kappa shape index (κ1) is 24.9. The summed E-state index contributed by atoms with van der Waals surface area (Å²) in [5.41, 5.74) is 3.65. The second kappa shape index (κ2) is 12.0. The van der Waals surface area contributed by atoms with Crippen molar-refractivity contribution >= 4 is 11.6 Å². The first-order valence-electron chi connectivity index (χ1n) is 11.5. The van der Waals surface area contributed by atoms with Crippen LogP contribution in [0, 0.1) is 0 Å². The highest BCUT2D eigenvalue weighted by Gasteiger charge is 2.23. The lowest BCUT2D eigenvalue weighted by atomic mass is 10.1. The molecule has 0 bridgehead atoms. The molecule has 0 aliphatic rings. The van der Waals surface area contributed by atoms with E-state index in [9.17, 15) is 5.11 Å². The molecule has 0 amide bonds. The van der Waals surface area contributed by atoms with Gasteiger partial charge in [-0.25, -0.2) is 4.68 Å². The maximum Gasteiger partial charge on any atom is 0.222 e. The minimum absolute atomic E-state index is 0.441. The third kappa shape index (κ3) is 6.50. The lowest BCUT2D eigenvalue weighted by Gasteiger charge is -2.25. The number of hydrogen-bond acceptors (Lipinski definition) is 5. The summed E-state index contributed by atoms with van der Waals surface area (Å²) in [5.74, 6) is 1.31. The Labute approximate surface area is 211 Å². The Kier molecular flexibility index (Phi) is 8.55. The van der Waals surface area contributed by atoms with Gasteiger partial charge in [-0.05, 0) is 29.8 Å². The maximum atomic E-state index is 10.9. The molecule has 4 aromatic rings. The molecule has 0 aliphatic carbocycles. The van der Waals surface area contributed by atoms with Crippen molar-refractivity contribution in [3.05, 3.63) is 101 Å². The van der Waals surface area contributed by atoms with Gasteiger partial charge >= 0.3 is 0 Å². The summed E-state index contributed by atoms with van der Waals surface area (Å²) in [6, 6.07) is 27.0. The van der Waals surface area contributed by atoms with Crippen molar-refractivity contribution in [1.29, 1.82) is 0 Å². The van der Waals surface area contributed by atoms with Crippen LogP contribution in [0.1, 0.15) is 17.2 Å². The van der Waals surface area contributed by atoms with Crippen LogP contribution in [0.2, 0.25) is 5.02 Å². The molecule has 182 valence electrons. The lowest BCUT2D eigenvalue weighted by Crippen LogP contribution is -2.31. The van der Waals surface area contributed by atoms with Crippen molar-refractivity contribution in [2.24, 2.45) is 7.05 Å². The smallest absolute Gasteiger partial charge is 0.222 e. The molecule has 4 rings (SSSR count). The molecule has 0 saturated carbocycles. The number of halogens is 1. The third-order valence-corrected chi connectivity index (χ3v) is 6.02. The summed E-state index contributed by atoms with van der Waals surface area (Å²) < 4.78 is 13.4. The fourth-order valence-corrected chi connectivity index (χ4v) is 4.09. The van der Waals surface area contributed by atoms with Crippen molar-refractivity contribution in [1.82, 2.24) is 14.7 Å². The Morgan fingerprint density at radius 3 is 2.29 bits per heavy atom. The van der Waals surface area contributed by atoms with Crippen LogP contribution in [0.15, 0.2) is 84.9 Å². The molecule has 1 aromatic heterocycles. The molecule has 6 nitrogen and oxygen atoms in total. The van der Waals surface area contributed by atoms with Gasteiger partial charge in [0, 0.05) is 44.4 Å². The molecule has 1 N–H and O–H groups in total. The van der Waals surface area contributed by atoms with E-state index in [-0.39, 0.29) is 0 Å². The van der Waals surface area contributed by atoms with Crippen LogP contribution in [0.4, 0.5) is 0 Å². The summed E-state index contributed by atoms with van der Waals surface area (Å²) in [4.78, 5) is 2.17. The molecule has 0 fully saturated rings. The molecule has 0 aliphatic heterocycles. The SMILES string of the molecule is COCCN(Cc1c(-c2ccccc2)nn(C)c1Oc1ccc(Cl)cc1)CC(O)c1ccccc1. The number of rotatable bonds is 11. The quantitative estimate of drug-likeness (QED) is 0.291. The van der Waals surface area contributed by atoms with Gasteiger partial charge in [0.2, 0.25) is 5.88 Å². The molecular weight excluding hydrogens is 462 g/mol. The molecule has 0 saturated heterocycles. The van der Waals surface area contributed by atoms with Gasteiger partial charge < -0.3 is 14.6 Å². The number of benzene rings is 3. The Balaban J connectivity index is 1.68. The molecule has 35 heavy (non-hydrogen) atoms. The van der Waals surface area contributed by atoms with Crippen molar-refractivity contribution in [2.75, 3.05) is 26.8 Å².